The van der Waals surface area contributed by atoms with Gasteiger partial charge in [0.2, 0.25) is 5.91 Å². The molecule has 0 aliphatic carbocycles. The van der Waals surface area contributed by atoms with Crippen molar-refractivity contribution in [3.63, 3.8) is 0 Å². The molecule has 2 saturated heterocycles. The van der Waals surface area contributed by atoms with Crippen molar-refractivity contribution >= 4 is 5.91 Å². The summed E-state index contributed by atoms with van der Waals surface area (Å²) < 4.78 is 0. The second kappa shape index (κ2) is 3.51. The SMILES string of the molecule is CC[C@@H](C(N)=O)N1CC2(CCCN2)C1. The van der Waals surface area contributed by atoms with E-state index in [2.05, 4.69) is 10.2 Å². The highest BCUT2D eigenvalue weighted by molar-refractivity contribution is 5.80. The lowest BCUT2D eigenvalue weighted by molar-refractivity contribution is -0.127. The Bertz CT molecular complexity index is 228. The lowest BCUT2D eigenvalue weighted by atomic mass is 9.86. The molecule has 2 fully saturated rings. The smallest absolute Gasteiger partial charge is 0.234 e. The van der Waals surface area contributed by atoms with Gasteiger partial charge in [-0.2, -0.15) is 0 Å². The van der Waals surface area contributed by atoms with Gasteiger partial charge in [-0.05, 0) is 25.8 Å². The van der Waals surface area contributed by atoms with Crippen LogP contribution in [0.2, 0.25) is 0 Å². The Hall–Kier alpha value is -0.610. The van der Waals surface area contributed by atoms with Gasteiger partial charge in [-0.1, -0.05) is 6.92 Å². The molecule has 2 heterocycles. The Morgan fingerprint density at radius 2 is 2.36 bits per heavy atom. The molecule has 3 N–H and O–H groups in total. The number of nitrogens with two attached hydrogens (primary N) is 1. The zero-order valence-electron chi connectivity index (χ0n) is 8.75. The number of likely N-dealkylation sites (tertiary alicyclic amines) is 1. The monoisotopic (exact) mass is 197 g/mol. The Morgan fingerprint density at radius 1 is 1.64 bits per heavy atom. The average molecular weight is 197 g/mol. The number of primary amides is 1. The van der Waals surface area contributed by atoms with E-state index in [0.29, 0.717) is 5.54 Å². The summed E-state index contributed by atoms with van der Waals surface area (Å²) in [5, 5.41) is 3.52. The zero-order chi connectivity index (χ0) is 10.2. The molecule has 0 aromatic heterocycles. The van der Waals surface area contributed by atoms with Gasteiger partial charge in [0.25, 0.3) is 0 Å². The number of carbonyl (C=O) groups is 1. The molecule has 0 unspecified atom stereocenters. The van der Waals surface area contributed by atoms with E-state index < -0.39 is 0 Å². The molecule has 0 aromatic rings. The molecule has 80 valence electrons. The van der Waals surface area contributed by atoms with Crippen LogP contribution in [0.25, 0.3) is 0 Å². The van der Waals surface area contributed by atoms with Crippen LogP contribution in [-0.4, -0.2) is 42.0 Å². The van der Waals surface area contributed by atoms with Crippen molar-refractivity contribution in [1.82, 2.24) is 10.2 Å². The topological polar surface area (TPSA) is 58.4 Å². The van der Waals surface area contributed by atoms with E-state index in [1.54, 1.807) is 0 Å². The summed E-state index contributed by atoms with van der Waals surface area (Å²) in [6.07, 6.45) is 3.34. The molecule has 2 aliphatic heterocycles. The summed E-state index contributed by atoms with van der Waals surface area (Å²) >= 11 is 0. The number of rotatable bonds is 3. The van der Waals surface area contributed by atoms with E-state index in [4.69, 9.17) is 5.73 Å². The first kappa shape index (κ1) is 9.93. The van der Waals surface area contributed by atoms with Crippen LogP contribution in [0.1, 0.15) is 26.2 Å². The maximum absolute atomic E-state index is 11.1. The largest absolute Gasteiger partial charge is 0.368 e. The van der Waals surface area contributed by atoms with Crippen molar-refractivity contribution in [2.24, 2.45) is 5.73 Å². The normalized spacial score (nSPS) is 27.5. The van der Waals surface area contributed by atoms with Crippen LogP contribution in [0.5, 0.6) is 0 Å². The van der Waals surface area contributed by atoms with Crippen molar-refractivity contribution in [3.8, 4) is 0 Å². The molecular weight excluding hydrogens is 178 g/mol. The molecule has 0 bridgehead atoms. The van der Waals surface area contributed by atoms with Crippen LogP contribution in [0, 0.1) is 0 Å². The molecule has 1 amide bonds. The van der Waals surface area contributed by atoms with Gasteiger partial charge < -0.3 is 11.1 Å². The highest BCUT2D eigenvalue weighted by Crippen LogP contribution is 2.31. The van der Waals surface area contributed by atoms with Crippen LogP contribution in [0.4, 0.5) is 0 Å². The first-order valence-electron chi connectivity index (χ1n) is 5.45. The van der Waals surface area contributed by atoms with Crippen LogP contribution in [0.3, 0.4) is 0 Å². The first-order valence-corrected chi connectivity index (χ1v) is 5.45. The summed E-state index contributed by atoms with van der Waals surface area (Å²) in [6, 6.07) is -0.0528. The Morgan fingerprint density at radius 3 is 2.79 bits per heavy atom. The number of hydrogen-bond donors (Lipinski definition) is 2. The number of hydrogen-bond acceptors (Lipinski definition) is 3. The van der Waals surface area contributed by atoms with Gasteiger partial charge >= 0.3 is 0 Å². The third-order valence-electron chi connectivity index (χ3n) is 3.50. The van der Waals surface area contributed by atoms with E-state index in [9.17, 15) is 4.79 Å². The zero-order valence-corrected chi connectivity index (χ0v) is 8.75. The summed E-state index contributed by atoms with van der Waals surface area (Å²) in [5.41, 5.74) is 5.67. The van der Waals surface area contributed by atoms with Crippen LogP contribution in [0.15, 0.2) is 0 Å². The van der Waals surface area contributed by atoms with Gasteiger partial charge in [-0.15, -0.1) is 0 Å². The molecular formula is C10H19N3O. The maximum atomic E-state index is 11.1. The number of amides is 1. The van der Waals surface area contributed by atoms with Crippen molar-refractivity contribution in [1.29, 1.82) is 0 Å². The van der Waals surface area contributed by atoms with Gasteiger partial charge in [0.1, 0.15) is 0 Å². The van der Waals surface area contributed by atoms with E-state index >= 15 is 0 Å². The Labute approximate surface area is 84.8 Å². The second-order valence-corrected chi connectivity index (χ2v) is 4.54. The maximum Gasteiger partial charge on any atom is 0.234 e. The van der Waals surface area contributed by atoms with Crippen LogP contribution in [-0.2, 0) is 4.79 Å². The third kappa shape index (κ3) is 1.53. The van der Waals surface area contributed by atoms with E-state index in [0.717, 1.165) is 26.1 Å². The molecule has 1 spiro atoms. The minimum absolute atomic E-state index is 0.0528. The fourth-order valence-electron chi connectivity index (χ4n) is 2.73. The van der Waals surface area contributed by atoms with Gasteiger partial charge in [0, 0.05) is 18.6 Å². The van der Waals surface area contributed by atoms with Gasteiger partial charge in [-0.25, -0.2) is 0 Å². The molecule has 1 atom stereocenters. The van der Waals surface area contributed by atoms with E-state index in [1.165, 1.54) is 12.8 Å². The highest BCUT2D eigenvalue weighted by atomic mass is 16.1. The van der Waals surface area contributed by atoms with Crippen LogP contribution < -0.4 is 11.1 Å². The summed E-state index contributed by atoms with van der Waals surface area (Å²) in [6.45, 7) is 5.13. The molecule has 14 heavy (non-hydrogen) atoms. The number of nitrogens with one attached hydrogen (secondary N) is 1. The van der Waals surface area contributed by atoms with E-state index in [-0.39, 0.29) is 11.9 Å². The van der Waals surface area contributed by atoms with Crippen molar-refractivity contribution in [2.45, 2.75) is 37.8 Å². The fourth-order valence-corrected chi connectivity index (χ4v) is 2.73. The lowest BCUT2D eigenvalue weighted by Crippen LogP contribution is -2.70. The standard InChI is InChI=1S/C10H19N3O/c1-2-8(9(11)14)13-6-10(7-13)4-3-5-12-10/h8,12H,2-7H2,1H3,(H2,11,14)/t8-/m0/s1. The van der Waals surface area contributed by atoms with Crippen molar-refractivity contribution in [3.05, 3.63) is 0 Å². The average Bonchev–Trinajstić information content (AvgIpc) is 2.52. The predicted molar refractivity (Wildman–Crippen MR) is 54.8 cm³/mol. The Balaban J connectivity index is 1.89. The minimum atomic E-state index is -0.180. The predicted octanol–water partition coefficient (Wildman–Crippen LogP) is -0.312. The van der Waals surface area contributed by atoms with Crippen molar-refractivity contribution in [2.75, 3.05) is 19.6 Å². The van der Waals surface area contributed by atoms with Gasteiger partial charge in [-0.3, -0.25) is 9.69 Å². The third-order valence-corrected chi connectivity index (χ3v) is 3.50. The quantitative estimate of drug-likeness (QED) is 0.652. The van der Waals surface area contributed by atoms with Crippen molar-refractivity contribution < 1.29 is 4.79 Å². The highest BCUT2D eigenvalue weighted by Gasteiger charge is 2.47. The summed E-state index contributed by atoms with van der Waals surface area (Å²) in [7, 11) is 0. The minimum Gasteiger partial charge on any atom is -0.368 e. The van der Waals surface area contributed by atoms with Gasteiger partial charge in [0.15, 0.2) is 0 Å². The van der Waals surface area contributed by atoms with E-state index in [1.807, 2.05) is 6.92 Å². The van der Waals surface area contributed by atoms with Gasteiger partial charge in [0.05, 0.1) is 6.04 Å². The second-order valence-electron chi connectivity index (χ2n) is 4.54. The molecule has 0 aromatic carbocycles. The lowest BCUT2D eigenvalue weighted by Gasteiger charge is -2.50. The molecule has 2 aliphatic rings. The summed E-state index contributed by atoms with van der Waals surface area (Å²) in [5.74, 6) is -0.180. The fraction of sp³-hybridized carbons (Fsp3) is 0.900. The molecule has 4 nitrogen and oxygen atoms in total. The number of nitrogens with zero attached hydrogens (tertiary/aromatic N) is 1. The molecule has 4 heteroatoms. The first-order chi connectivity index (χ1) is 6.67. The molecule has 0 radical (unpaired) electrons. The summed E-state index contributed by atoms with van der Waals surface area (Å²) in [4.78, 5) is 13.3. The Kier molecular flexibility index (Phi) is 2.49. The number of carbonyl (C=O) groups excluding carboxylic acids is 1. The van der Waals surface area contributed by atoms with Crippen LogP contribution >= 0.6 is 0 Å². The molecule has 0 saturated carbocycles. The molecule has 2 rings (SSSR count).